The van der Waals surface area contributed by atoms with Crippen LogP contribution in [-0.2, 0) is 22.4 Å². The van der Waals surface area contributed by atoms with Gasteiger partial charge in [-0.2, -0.15) is 0 Å². The topological polar surface area (TPSA) is 46.2 Å². The molecule has 0 spiro atoms. The van der Waals surface area contributed by atoms with Crippen LogP contribution in [-0.4, -0.2) is 70.4 Å². The van der Waals surface area contributed by atoms with Crippen LogP contribution in [0.15, 0.2) is 12.7 Å². The fraction of sp³-hybridized carbons (Fsp3) is 0.939. The molecule has 1 aliphatic rings. The molecule has 0 saturated carbocycles. The van der Waals surface area contributed by atoms with E-state index in [-0.39, 0.29) is 50.7 Å². The summed E-state index contributed by atoms with van der Waals surface area (Å²) < 4.78 is 36.1. The van der Waals surface area contributed by atoms with Crippen LogP contribution in [0.4, 0.5) is 0 Å². The van der Waals surface area contributed by atoms with Crippen LogP contribution in [0.1, 0.15) is 89.5 Å². The minimum Gasteiger partial charge on any atom is -0.414 e. The summed E-state index contributed by atoms with van der Waals surface area (Å²) in [7, 11) is -8.69. The van der Waals surface area contributed by atoms with E-state index < -0.39 is 33.3 Å². The van der Waals surface area contributed by atoms with E-state index in [1.165, 1.54) is 0 Å². The third kappa shape index (κ3) is 9.71. The summed E-state index contributed by atoms with van der Waals surface area (Å²) in [5, 5.41) is 0.219. The number of ether oxygens (including phenoxy) is 1. The third-order valence-electron chi connectivity index (χ3n) is 11.3. The molecule has 1 saturated heterocycles. The normalized spacial score (nSPS) is 26.0. The first-order chi connectivity index (χ1) is 18.3. The summed E-state index contributed by atoms with van der Waals surface area (Å²) in [5.41, 5.74) is 0. The Bertz CT molecular complexity index is 888. The van der Waals surface area contributed by atoms with Crippen molar-refractivity contribution in [3.05, 3.63) is 12.7 Å². The number of hydrogen-bond acceptors (Lipinski definition) is 5. The van der Waals surface area contributed by atoms with Crippen LogP contribution in [0, 0.1) is 0 Å². The van der Waals surface area contributed by atoms with Gasteiger partial charge in [-0.15, -0.1) is 6.58 Å². The van der Waals surface area contributed by atoms with Gasteiger partial charge in [0.25, 0.3) is 0 Å². The monoisotopic (exact) mass is 660 g/mol. The van der Waals surface area contributed by atoms with Gasteiger partial charge in [-0.3, -0.25) is 0 Å². The zero-order valence-electron chi connectivity index (χ0n) is 31.6. The van der Waals surface area contributed by atoms with Gasteiger partial charge in [0.05, 0.1) is 18.8 Å². The van der Waals surface area contributed by atoms with Gasteiger partial charge < -0.3 is 22.4 Å². The molecule has 0 amide bonds. The molecule has 5 nitrogen and oxygen atoms in total. The van der Waals surface area contributed by atoms with Gasteiger partial charge in [0.1, 0.15) is 18.3 Å². The van der Waals surface area contributed by atoms with Crippen LogP contribution in [0.2, 0.25) is 72.5 Å². The first-order valence-corrected chi connectivity index (χ1v) is 27.9. The summed E-state index contributed by atoms with van der Waals surface area (Å²) in [6.07, 6.45) is 1.42. The predicted molar refractivity (Wildman–Crippen MR) is 193 cm³/mol. The molecule has 1 heterocycles. The van der Waals surface area contributed by atoms with E-state index in [0.717, 1.165) is 0 Å². The molecule has 0 aromatic carbocycles. The fourth-order valence-corrected chi connectivity index (χ4v) is 8.91. The summed E-state index contributed by atoms with van der Waals surface area (Å²) >= 11 is 0. The van der Waals surface area contributed by atoms with Crippen LogP contribution in [0.5, 0.6) is 0 Å². The van der Waals surface area contributed by atoms with Crippen molar-refractivity contribution in [1.29, 1.82) is 0 Å². The molecule has 9 heteroatoms. The Kier molecular flexibility index (Phi) is 12.8. The van der Waals surface area contributed by atoms with Crippen LogP contribution < -0.4 is 0 Å². The maximum atomic E-state index is 7.47. The third-order valence-corrected chi connectivity index (χ3v) is 29.2. The van der Waals surface area contributed by atoms with E-state index in [4.69, 9.17) is 22.4 Å². The molecule has 0 N–H and O–H groups in total. The second kappa shape index (κ2) is 13.3. The Labute approximate surface area is 266 Å². The molecule has 42 heavy (non-hydrogen) atoms. The zero-order valence-corrected chi connectivity index (χ0v) is 35.6. The van der Waals surface area contributed by atoms with Crippen molar-refractivity contribution in [1.82, 2.24) is 0 Å². The molecule has 0 bridgehead atoms. The lowest BCUT2D eigenvalue weighted by molar-refractivity contribution is -0.214. The highest BCUT2D eigenvalue weighted by molar-refractivity contribution is 6.75. The fourth-order valence-electron chi connectivity index (χ4n) is 3.96. The maximum Gasteiger partial charge on any atom is 0.192 e. The molecule has 2 unspecified atom stereocenters. The molecule has 1 fully saturated rings. The number of rotatable bonds is 11. The van der Waals surface area contributed by atoms with Gasteiger partial charge in [-0.25, -0.2) is 0 Å². The van der Waals surface area contributed by atoms with Crippen molar-refractivity contribution in [2.45, 2.75) is 193 Å². The van der Waals surface area contributed by atoms with E-state index in [1.807, 2.05) is 6.08 Å². The molecule has 1 rings (SSSR count). The maximum absolute atomic E-state index is 7.47. The average molecular weight is 661 g/mol. The van der Waals surface area contributed by atoms with E-state index in [2.05, 4.69) is 142 Å². The lowest BCUT2D eigenvalue weighted by Crippen LogP contribution is -2.68. The Hall–Kier alpha value is 0.408. The molecular weight excluding hydrogens is 589 g/mol. The Balaban J connectivity index is 3.90. The molecule has 0 aromatic rings. The molecule has 5 atom stereocenters. The van der Waals surface area contributed by atoms with Crippen molar-refractivity contribution < 1.29 is 22.4 Å². The van der Waals surface area contributed by atoms with Crippen LogP contribution >= 0.6 is 0 Å². The molecule has 0 aromatic heterocycles. The van der Waals surface area contributed by atoms with Crippen molar-refractivity contribution in [3.63, 3.8) is 0 Å². The SMILES string of the molecule is C=CC[C@H]1OC(CO[Si](C)(C)C(C)(C)C)[C@@H](O[Si](C)(C)C(C)(C)C)[C@@H](O[Si](C)(C)C(C)(C)C)C1O[Si](C)(C)C(C)(C)C. The minimum atomic E-state index is -2.23. The van der Waals surface area contributed by atoms with E-state index in [0.29, 0.717) is 13.0 Å². The lowest BCUT2D eigenvalue weighted by atomic mass is 9.93. The van der Waals surface area contributed by atoms with Gasteiger partial charge in [0, 0.05) is 0 Å². The first-order valence-electron chi connectivity index (χ1n) is 16.3. The summed E-state index contributed by atoms with van der Waals surface area (Å²) in [6, 6.07) is 0. The Morgan fingerprint density at radius 1 is 0.524 bits per heavy atom. The minimum absolute atomic E-state index is 0.0348. The van der Waals surface area contributed by atoms with Crippen molar-refractivity contribution >= 4 is 33.3 Å². The zero-order chi connectivity index (χ0) is 33.5. The average Bonchev–Trinajstić information content (AvgIpc) is 2.73. The van der Waals surface area contributed by atoms with Gasteiger partial charge in [-0.05, 0) is 78.9 Å². The summed E-state index contributed by atoms with van der Waals surface area (Å²) in [6.45, 7) is 50.9. The smallest absolute Gasteiger partial charge is 0.192 e. The summed E-state index contributed by atoms with van der Waals surface area (Å²) in [4.78, 5) is 0. The van der Waals surface area contributed by atoms with E-state index in [9.17, 15) is 0 Å². The molecular formula is C33H72O5Si4. The lowest BCUT2D eigenvalue weighted by Gasteiger charge is -2.55. The first kappa shape index (κ1) is 40.4. The Morgan fingerprint density at radius 2 is 0.833 bits per heavy atom. The van der Waals surface area contributed by atoms with Crippen LogP contribution in [0.25, 0.3) is 0 Å². The van der Waals surface area contributed by atoms with Gasteiger partial charge in [0.2, 0.25) is 0 Å². The predicted octanol–water partition coefficient (Wildman–Crippen LogP) is 10.5. The quantitative estimate of drug-likeness (QED) is 0.163. The largest absolute Gasteiger partial charge is 0.414 e. The van der Waals surface area contributed by atoms with Crippen molar-refractivity contribution in [3.8, 4) is 0 Å². The highest BCUT2D eigenvalue weighted by atomic mass is 28.4. The van der Waals surface area contributed by atoms with E-state index in [1.54, 1.807) is 0 Å². The van der Waals surface area contributed by atoms with Crippen molar-refractivity contribution in [2.24, 2.45) is 0 Å². The highest BCUT2D eigenvalue weighted by Gasteiger charge is 2.56. The second-order valence-corrected chi connectivity index (χ2v) is 37.9. The number of hydrogen-bond donors (Lipinski definition) is 0. The Morgan fingerprint density at radius 3 is 1.14 bits per heavy atom. The molecule has 0 radical (unpaired) electrons. The van der Waals surface area contributed by atoms with Gasteiger partial charge >= 0.3 is 0 Å². The standard InChI is InChI=1S/C33H72O5Si4/c1-22-23-25-27(36-40(16,17)31(5,6)7)29(38-42(20,21)33(11,12)13)28(37-41(18,19)32(8,9)10)26(35-25)24-34-39(14,15)30(2,3)4/h22,25-29H,1,23-24H2,2-21H3/t25-,26?,27?,28-,29+/m1/s1. The molecule has 0 aliphatic carbocycles. The van der Waals surface area contributed by atoms with Crippen molar-refractivity contribution in [2.75, 3.05) is 6.61 Å². The van der Waals surface area contributed by atoms with E-state index >= 15 is 0 Å². The molecule has 1 aliphatic heterocycles. The molecule has 250 valence electrons. The van der Waals surface area contributed by atoms with Crippen LogP contribution in [0.3, 0.4) is 0 Å². The second-order valence-electron chi connectivity index (χ2n) is 18.8. The van der Waals surface area contributed by atoms with Gasteiger partial charge in [-0.1, -0.05) is 89.2 Å². The summed E-state index contributed by atoms with van der Waals surface area (Å²) in [5.74, 6) is 0. The van der Waals surface area contributed by atoms with Gasteiger partial charge in [0.15, 0.2) is 33.3 Å². The highest BCUT2D eigenvalue weighted by Crippen LogP contribution is 2.46.